The number of carbonyl (C=O) groups excluding carboxylic acids is 1. The fourth-order valence-corrected chi connectivity index (χ4v) is 2.04. The minimum atomic E-state index is -4.43. The number of nitriles is 1. The summed E-state index contributed by atoms with van der Waals surface area (Å²) in [6, 6.07) is 3.17. The number of rotatable bonds is 5. The first-order valence-electron chi connectivity index (χ1n) is 4.96. The summed E-state index contributed by atoms with van der Waals surface area (Å²) >= 11 is 0. The van der Waals surface area contributed by atoms with Gasteiger partial charge < -0.3 is 10.1 Å². The fraction of sp³-hybridized carbons (Fsp3) is 0.200. The molecule has 0 spiro atoms. The maximum absolute atomic E-state index is 13.5. The molecule has 1 aromatic rings. The van der Waals surface area contributed by atoms with Crippen molar-refractivity contribution in [2.75, 3.05) is 13.2 Å². The molecule has 0 heterocycles. The molecule has 1 amide bonds. The summed E-state index contributed by atoms with van der Waals surface area (Å²) in [5, 5.41) is 10.3. The molecule has 0 bridgehead atoms. The summed E-state index contributed by atoms with van der Waals surface area (Å²) in [7, 11) is 0.473. The molecule has 10 heteroatoms. The number of carbonyl (C=O) groups is 1. The van der Waals surface area contributed by atoms with Crippen molar-refractivity contribution in [1.82, 2.24) is 5.32 Å². The highest BCUT2D eigenvalue weighted by molar-refractivity contribution is 8.13. The van der Waals surface area contributed by atoms with Crippen molar-refractivity contribution in [2.45, 2.75) is 4.90 Å². The smallest absolute Gasteiger partial charge is 0.264 e. The van der Waals surface area contributed by atoms with Gasteiger partial charge in [-0.2, -0.15) is 9.65 Å². The maximum Gasteiger partial charge on any atom is 0.264 e. The van der Waals surface area contributed by atoms with Crippen molar-refractivity contribution in [3.05, 3.63) is 23.8 Å². The molecule has 0 saturated carbocycles. The van der Waals surface area contributed by atoms with Crippen LogP contribution in [0.1, 0.15) is 0 Å². The average Bonchev–Trinajstić information content (AvgIpc) is 2.36. The molecule has 0 atom stereocenters. The third-order valence-corrected chi connectivity index (χ3v) is 3.34. The number of nitrogens with zero attached hydrogens (tertiary/aromatic N) is 1. The van der Waals surface area contributed by atoms with Crippen LogP contribution in [-0.4, -0.2) is 27.5 Å². The van der Waals surface area contributed by atoms with Crippen molar-refractivity contribution in [1.29, 1.82) is 5.26 Å². The van der Waals surface area contributed by atoms with Gasteiger partial charge in [-0.05, 0) is 12.1 Å². The zero-order valence-corrected chi connectivity index (χ0v) is 11.3. The van der Waals surface area contributed by atoms with E-state index in [4.69, 9.17) is 15.9 Å². The molecule has 0 fully saturated rings. The summed E-state index contributed by atoms with van der Waals surface area (Å²) < 4.78 is 53.4. The number of benzene rings is 1. The molecule has 108 valence electrons. The second-order valence-electron chi connectivity index (χ2n) is 3.35. The normalized spacial score (nSPS) is 10.7. The fourth-order valence-electron chi connectivity index (χ4n) is 1.15. The van der Waals surface area contributed by atoms with Crippen molar-refractivity contribution in [3.8, 4) is 11.8 Å². The van der Waals surface area contributed by atoms with Crippen LogP contribution in [0, 0.1) is 23.0 Å². The van der Waals surface area contributed by atoms with E-state index < -0.39 is 43.8 Å². The van der Waals surface area contributed by atoms with E-state index in [1.54, 1.807) is 6.07 Å². The van der Waals surface area contributed by atoms with E-state index in [1.807, 2.05) is 0 Å². The lowest BCUT2D eigenvalue weighted by Crippen LogP contribution is -2.29. The van der Waals surface area contributed by atoms with Gasteiger partial charge in [0.25, 0.3) is 15.0 Å². The Bertz CT molecular complexity index is 673. The summed E-state index contributed by atoms with van der Waals surface area (Å²) in [6.07, 6.45) is 0. The lowest BCUT2D eigenvalue weighted by Gasteiger charge is -2.08. The Hall–Kier alpha value is -1.92. The highest BCUT2D eigenvalue weighted by atomic mass is 35.7. The van der Waals surface area contributed by atoms with Crippen LogP contribution >= 0.6 is 10.7 Å². The van der Waals surface area contributed by atoms with Crippen LogP contribution in [0.25, 0.3) is 0 Å². The predicted molar refractivity (Wildman–Crippen MR) is 63.5 cm³/mol. The average molecular weight is 325 g/mol. The number of halogens is 3. The summed E-state index contributed by atoms with van der Waals surface area (Å²) in [5.74, 6) is -4.66. The number of hydrogen-bond acceptors (Lipinski definition) is 5. The van der Waals surface area contributed by atoms with Gasteiger partial charge in [-0.25, -0.2) is 12.8 Å². The third kappa shape index (κ3) is 4.04. The lowest BCUT2D eigenvalue weighted by molar-refractivity contribution is -0.122. The Morgan fingerprint density at radius 2 is 2.05 bits per heavy atom. The van der Waals surface area contributed by atoms with Crippen LogP contribution in [0.5, 0.6) is 5.75 Å². The molecule has 0 saturated heterocycles. The van der Waals surface area contributed by atoms with Gasteiger partial charge in [0.05, 0.1) is 6.07 Å². The standard InChI is InChI=1S/C10H7ClF2N2O4S/c11-20(17,18)7-2-1-6(9(12)10(7)13)19-5-8(16)15-4-3-14/h1-2H,4-5H2,(H,15,16). The van der Waals surface area contributed by atoms with Crippen molar-refractivity contribution in [2.24, 2.45) is 0 Å². The van der Waals surface area contributed by atoms with Gasteiger partial charge in [-0.1, -0.05) is 0 Å². The van der Waals surface area contributed by atoms with Gasteiger partial charge in [0, 0.05) is 10.7 Å². The molecule has 0 aliphatic rings. The van der Waals surface area contributed by atoms with Crippen LogP contribution in [0.3, 0.4) is 0 Å². The highest BCUT2D eigenvalue weighted by Crippen LogP contribution is 2.27. The minimum absolute atomic E-state index is 0.261. The second-order valence-corrected chi connectivity index (χ2v) is 5.89. The quantitative estimate of drug-likeness (QED) is 0.641. The summed E-state index contributed by atoms with van der Waals surface area (Å²) in [5.41, 5.74) is 0. The Morgan fingerprint density at radius 3 is 2.60 bits per heavy atom. The molecule has 20 heavy (non-hydrogen) atoms. The highest BCUT2D eigenvalue weighted by Gasteiger charge is 2.22. The molecular weight excluding hydrogens is 318 g/mol. The first-order valence-corrected chi connectivity index (χ1v) is 7.27. The summed E-state index contributed by atoms with van der Waals surface area (Å²) in [4.78, 5) is 10.0. The molecule has 1 aromatic carbocycles. The van der Waals surface area contributed by atoms with E-state index in [9.17, 15) is 22.0 Å². The number of ether oxygens (including phenoxy) is 1. The van der Waals surface area contributed by atoms with Gasteiger partial charge in [-0.15, -0.1) is 0 Å². The molecule has 0 aromatic heterocycles. The van der Waals surface area contributed by atoms with Crippen molar-refractivity contribution in [3.63, 3.8) is 0 Å². The number of nitrogens with one attached hydrogen (secondary N) is 1. The molecule has 0 aliphatic heterocycles. The van der Waals surface area contributed by atoms with E-state index in [1.165, 1.54) is 0 Å². The zero-order chi connectivity index (χ0) is 15.3. The second kappa shape index (κ2) is 6.49. The molecule has 1 N–H and O–H groups in total. The molecular formula is C10H7ClF2N2O4S. The van der Waals surface area contributed by atoms with E-state index >= 15 is 0 Å². The monoisotopic (exact) mass is 324 g/mol. The first kappa shape index (κ1) is 16.1. The molecule has 0 unspecified atom stereocenters. The molecule has 0 radical (unpaired) electrons. The van der Waals surface area contributed by atoms with E-state index in [0.717, 1.165) is 6.07 Å². The maximum atomic E-state index is 13.5. The van der Waals surface area contributed by atoms with Crippen molar-refractivity contribution < 1.29 is 26.7 Å². The topological polar surface area (TPSA) is 96.3 Å². The van der Waals surface area contributed by atoms with E-state index in [-0.39, 0.29) is 6.54 Å². The molecule has 0 aliphatic carbocycles. The van der Waals surface area contributed by atoms with Gasteiger partial charge >= 0.3 is 0 Å². The predicted octanol–water partition coefficient (Wildman–Crippen LogP) is 0.911. The van der Waals surface area contributed by atoms with Crippen LogP contribution < -0.4 is 10.1 Å². The number of hydrogen-bond donors (Lipinski definition) is 1. The largest absolute Gasteiger partial charge is 0.481 e. The Morgan fingerprint density at radius 1 is 1.40 bits per heavy atom. The van der Waals surface area contributed by atoms with Gasteiger partial charge in [0.2, 0.25) is 5.82 Å². The van der Waals surface area contributed by atoms with Gasteiger partial charge in [-0.3, -0.25) is 4.79 Å². The Kier molecular flexibility index (Phi) is 5.24. The SMILES string of the molecule is N#CCNC(=O)COc1ccc(S(=O)(=O)Cl)c(F)c1F. The summed E-state index contributed by atoms with van der Waals surface area (Å²) in [6.45, 7) is -0.923. The van der Waals surface area contributed by atoms with Crippen molar-refractivity contribution >= 4 is 25.6 Å². The first-order chi connectivity index (χ1) is 9.27. The lowest BCUT2D eigenvalue weighted by atomic mass is 10.3. The third-order valence-electron chi connectivity index (χ3n) is 2.00. The van der Waals surface area contributed by atoms with Crippen LogP contribution in [0.15, 0.2) is 17.0 Å². The molecule has 1 rings (SSSR count). The van der Waals surface area contributed by atoms with E-state index in [0.29, 0.717) is 6.07 Å². The van der Waals surface area contributed by atoms with Crippen LogP contribution in [-0.2, 0) is 13.8 Å². The molecule has 6 nitrogen and oxygen atoms in total. The Labute approximate surface area is 117 Å². The zero-order valence-electron chi connectivity index (χ0n) is 9.69. The Balaban J connectivity index is 2.87. The van der Waals surface area contributed by atoms with Crippen LogP contribution in [0.4, 0.5) is 8.78 Å². The van der Waals surface area contributed by atoms with Gasteiger partial charge in [0.1, 0.15) is 11.4 Å². The van der Waals surface area contributed by atoms with Crippen LogP contribution in [0.2, 0.25) is 0 Å². The number of amides is 1. The van der Waals surface area contributed by atoms with Gasteiger partial charge in [0.15, 0.2) is 18.2 Å². The minimum Gasteiger partial charge on any atom is -0.481 e. The van der Waals surface area contributed by atoms with E-state index in [2.05, 4.69) is 10.1 Å².